The Morgan fingerprint density at radius 2 is 2.07 bits per heavy atom. The molecule has 2 aromatic carbocycles. The van der Waals surface area contributed by atoms with Crippen LogP contribution in [0.3, 0.4) is 0 Å². The van der Waals surface area contributed by atoms with Gasteiger partial charge in [0.1, 0.15) is 5.82 Å². The van der Waals surface area contributed by atoms with E-state index in [4.69, 9.17) is 11.6 Å². The number of rotatable bonds is 5. The zero-order valence-electron chi connectivity index (χ0n) is 15.1. The molecule has 0 spiro atoms. The first-order valence-corrected chi connectivity index (χ1v) is 10.3. The van der Waals surface area contributed by atoms with Crippen molar-refractivity contribution in [3.63, 3.8) is 0 Å². The summed E-state index contributed by atoms with van der Waals surface area (Å²) in [6.45, 7) is 2.04. The second kappa shape index (κ2) is 8.39. The van der Waals surface area contributed by atoms with E-state index in [0.717, 1.165) is 24.4 Å². The first kappa shape index (κ1) is 19.1. The van der Waals surface area contributed by atoms with Crippen molar-refractivity contribution in [2.45, 2.75) is 19.0 Å². The number of nitrogens with zero attached hydrogens (tertiary/aromatic N) is 2. The van der Waals surface area contributed by atoms with Crippen LogP contribution < -0.4 is 5.32 Å². The lowest BCUT2D eigenvalue weighted by atomic mass is 9.98. The lowest BCUT2D eigenvalue weighted by Crippen LogP contribution is -2.40. The van der Waals surface area contributed by atoms with E-state index in [0.29, 0.717) is 6.54 Å². The Morgan fingerprint density at radius 3 is 2.82 bits per heavy atom. The molecule has 0 radical (unpaired) electrons. The Kier molecular flexibility index (Phi) is 5.71. The summed E-state index contributed by atoms with van der Waals surface area (Å²) in [5, 5.41) is 2.97. The largest absolute Gasteiger partial charge is 0.350 e. The highest BCUT2D eigenvalue weighted by Gasteiger charge is 2.27. The molecular formula is C21H19ClFN3OS. The minimum Gasteiger partial charge on any atom is -0.350 e. The second-order valence-electron chi connectivity index (χ2n) is 6.72. The number of carbonyl (C=O) groups excluding carboxylic acids is 1. The zero-order valence-corrected chi connectivity index (χ0v) is 16.6. The Bertz CT molecular complexity index is 959. The molecule has 0 aliphatic carbocycles. The Balaban J connectivity index is 1.53. The number of amides is 1. The lowest BCUT2D eigenvalue weighted by molar-refractivity contribution is 0.0925. The van der Waals surface area contributed by atoms with E-state index in [1.807, 2.05) is 12.3 Å². The number of hydrogen-bond donors (Lipinski definition) is 1. The molecule has 1 amide bonds. The van der Waals surface area contributed by atoms with Gasteiger partial charge in [-0.15, -0.1) is 11.3 Å². The summed E-state index contributed by atoms with van der Waals surface area (Å²) in [6.07, 6.45) is 2.79. The number of fused-ring (bicyclic) bond motifs is 1. The van der Waals surface area contributed by atoms with Crippen LogP contribution in [0.25, 0.3) is 0 Å². The van der Waals surface area contributed by atoms with Gasteiger partial charge in [-0.1, -0.05) is 41.9 Å². The number of aromatic nitrogens is 1. The smallest absolute Gasteiger partial charge is 0.255 e. The highest BCUT2D eigenvalue weighted by Crippen LogP contribution is 2.29. The molecule has 0 fully saturated rings. The van der Waals surface area contributed by atoms with Gasteiger partial charge in [-0.2, -0.15) is 0 Å². The van der Waals surface area contributed by atoms with Crippen molar-refractivity contribution in [3.8, 4) is 0 Å². The van der Waals surface area contributed by atoms with Crippen molar-refractivity contribution in [1.82, 2.24) is 15.2 Å². The highest BCUT2D eigenvalue weighted by molar-refractivity contribution is 7.09. The molecule has 0 bridgehead atoms. The molecule has 2 heterocycles. The highest BCUT2D eigenvalue weighted by atomic mass is 35.5. The third kappa shape index (κ3) is 3.94. The number of thiazole rings is 1. The van der Waals surface area contributed by atoms with E-state index < -0.39 is 11.7 Å². The molecule has 1 aliphatic rings. The summed E-state index contributed by atoms with van der Waals surface area (Å²) in [6, 6.07) is 12.6. The maximum atomic E-state index is 14.1. The van der Waals surface area contributed by atoms with Crippen molar-refractivity contribution < 1.29 is 9.18 Å². The van der Waals surface area contributed by atoms with Crippen molar-refractivity contribution in [3.05, 3.63) is 86.6 Å². The molecule has 1 unspecified atom stereocenters. The molecule has 1 aliphatic heterocycles. The van der Waals surface area contributed by atoms with E-state index in [2.05, 4.69) is 33.4 Å². The average Bonchev–Trinajstić information content (AvgIpc) is 3.22. The number of benzene rings is 2. The third-order valence-electron chi connectivity index (χ3n) is 5.03. The molecule has 4 nitrogen and oxygen atoms in total. The van der Waals surface area contributed by atoms with Crippen LogP contribution in [0.4, 0.5) is 4.39 Å². The predicted molar refractivity (Wildman–Crippen MR) is 109 cm³/mol. The number of halogens is 2. The lowest BCUT2D eigenvalue weighted by Gasteiger charge is -2.35. The molecule has 1 N–H and O–H groups in total. The summed E-state index contributed by atoms with van der Waals surface area (Å²) >= 11 is 7.58. The fourth-order valence-corrected chi connectivity index (χ4v) is 4.58. The van der Waals surface area contributed by atoms with E-state index in [-0.39, 0.29) is 16.6 Å². The first-order chi connectivity index (χ1) is 13.6. The minimum atomic E-state index is -0.619. The SMILES string of the molecule is O=C(NCC(c1cncs1)N1CCc2ccccc2C1)c1c(F)cccc1Cl. The molecule has 144 valence electrons. The maximum Gasteiger partial charge on any atom is 0.255 e. The Hall–Kier alpha value is -2.28. The predicted octanol–water partition coefficient (Wildman–Crippen LogP) is 4.47. The molecule has 0 saturated heterocycles. The minimum absolute atomic E-state index is 0.0321. The third-order valence-corrected chi connectivity index (χ3v) is 6.22. The van der Waals surface area contributed by atoms with E-state index in [9.17, 15) is 9.18 Å². The summed E-state index contributed by atoms with van der Waals surface area (Å²) in [4.78, 5) is 20.2. The fourth-order valence-electron chi connectivity index (χ4n) is 3.58. The van der Waals surface area contributed by atoms with E-state index in [1.54, 1.807) is 16.8 Å². The van der Waals surface area contributed by atoms with Crippen LogP contribution in [-0.2, 0) is 13.0 Å². The molecular weight excluding hydrogens is 397 g/mol. The van der Waals surface area contributed by atoms with Gasteiger partial charge in [0.2, 0.25) is 0 Å². The fraction of sp³-hybridized carbons (Fsp3) is 0.238. The maximum absolute atomic E-state index is 14.1. The van der Waals surface area contributed by atoms with Gasteiger partial charge in [-0.05, 0) is 29.7 Å². The van der Waals surface area contributed by atoms with Crippen LogP contribution >= 0.6 is 22.9 Å². The standard InChI is InChI=1S/C21H19ClFN3OS/c22-16-6-3-7-17(23)20(16)21(27)25-10-18(19-11-24-13-28-19)26-9-8-14-4-1-2-5-15(14)12-26/h1-7,11,13,18H,8-10,12H2,(H,25,27). The quantitative estimate of drug-likeness (QED) is 0.669. The van der Waals surface area contributed by atoms with Gasteiger partial charge in [0.15, 0.2) is 0 Å². The number of nitrogens with one attached hydrogen (secondary N) is 1. The molecule has 1 atom stereocenters. The van der Waals surface area contributed by atoms with Crippen LogP contribution in [0.5, 0.6) is 0 Å². The van der Waals surface area contributed by atoms with Gasteiger partial charge in [0, 0.05) is 30.7 Å². The first-order valence-electron chi connectivity index (χ1n) is 9.05. The summed E-state index contributed by atoms with van der Waals surface area (Å²) in [7, 11) is 0. The van der Waals surface area contributed by atoms with Gasteiger partial charge in [0.05, 0.1) is 22.1 Å². The van der Waals surface area contributed by atoms with Gasteiger partial charge in [-0.3, -0.25) is 14.7 Å². The van der Waals surface area contributed by atoms with Crippen molar-refractivity contribution in [2.75, 3.05) is 13.1 Å². The monoisotopic (exact) mass is 415 g/mol. The van der Waals surface area contributed by atoms with Gasteiger partial charge < -0.3 is 5.32 Å². The molecule has 1 aromatic heterocycles. The van der Waals surface area contributed by atoms with Crippen molar-refractivity contribution >= 4 is 28.8 Å². The molecule has 28 heavy (non-hydrogen) atoms. The molecule has 4 rings (SSSR count). The molecule has 3 aromatic rings. The van der Waals surface area contributed by atoms with Gasteiger partial charge in [-0.25, -0.2) is 4.39 Å². The number of hydrogen-bond acceptors (Lipinski definition) is 4. The van der Waals surface area contributed by atoms with Crippen molar-refractivity contribution in [1.29, 1.82) is 0 Å². The summed E-state index contributed by atoms with van der Waals surface area (Å²) < 4.78 is 14.1. The molecule has 7 heteroatoms. The van der Waals surface area contributed by atoms with Crippen LogP contribution in [-0.4, -0.2) is 28.9 Å². The van der Waals surface area contributed by atoms with E-state index >= 15 is 0 Å². The van der Waals surface area contributed by atoms with E-state index in [1.165, 1.54) is 29.3 Å². The summed E-state index contributed by atoms with van der Waals surface area (Å²) in [5.41, 5.74) is 4.34. The van der Waals surface area contributed by atoms with Crippen LogP contribution in [0, 0.1) is 5.82 Å². The average molecular weight is 416 g/mol. The Morgan fingerprint density at radius 1 is 1.25 bits per heavy atom. The normalized spacial score (nSPS) is 15.1. The van der Waals surface area contributed by atoms with Crippen LogP contribution in [0.15, 0.2) is 54.2 Å². The Labute approximate surface area is 172 Å². The summed E-state index contributed by atoms with van der Waals surface area (Å²) in [5.74, 6) is -1.12. The number of carbonyl (C=O) groups is 1. The van der Waals surface area contributed by atoms with Gasteiger partial charge in [0.25, 0.3) is 5.91 Å². The zero-order chi connectivity index (χ0) is 19.5. The molecule has 0 saturated carbocycles. The van der Waals surface area contributed by atoms with Crippen molar-refractivity contribution in [2.24, 2.45) is 0 Å². The van der Waals surface area contributed by atoms with Crippen LogP contribution in [0.2, 0.25) is 5.02 Å². The second-order valence-corrected chi connectivity index (χ2v) is 8.04. The van der Waals surface area contributed by atoms with Gasteiger partial charge >= 0.3 is 0 Å². The van der Waals surface area contributed by atoms with Crippen LogP contribution in [0.1, 0.15) is 32.4 Å². The topological polar surface area (TPSA) is 45.2 Å².